The molecule has 2 atom stereocenters. The Bertz CT molecular complexity index is 773. The van der Waals surface area contributed by atoms with Crippen LogP contribution in [0.15, 0.2) is 0 Å². The summed E-state index contributed by atoms with van der Waals surface area (Å²) in [5.74, 6) is -1.79. The van der Waals surface area contributed by atoms with Crippen LogP contribution >= 0.6 is 0 Å². The van der Waals surface area contributed by atoms with Gasteiger partial charge in [-0.3, -0.25) is 25.6 Å². The first kappa shape index (κ1) is 34.0. The Kier molecular flexibility index (Phi) is 16.5. The van der Waals surface area contributed by atoms with Gasteiger partial charge in [-0.15, -0.1) is 0 Å². The number of rotatable bonds is 16. The third-order valence-electron chi connectivity index (χ3n) is 5.77. The first-order valence-electron chi connectivity index (χ1n) is 12.3. The van der Waals surface area contributed by atoms with Gasteiger partial charge in [-0.2, -0.15) is 0 Å². The van der Waals surface area contributed by atoms with E-state index in [9.17, 15) is 28.8 Å². The Balaban J connectivity index is 0.0000122. The van der Waals surface area contributed by atoms with Crippen molar-refractivity contribution in [3.05, 3.63) is 6.42 Å². The van der Waals surface area contributed by atoms with E-state index in [1.807, 2.05) is 13.8 Å². The molecule has 1 aliphatic rings. The molecule has 6 amide bonds. The molecule has 1 saturated heterocycles. The van der Waals surface area contributed by atoms with Gasteiger partial charge >= 0.3 is 6.03 Å². The van der Waals surface area contributed by atoms with Crippen molar-refractivity contribution in [2.24, 2.45) is 17.6 Å². The van der Waals surface area contributed by atoms with Gasteiger partial charge < -0.3 is 31.4 Å². The Labute approximate surface area is 238 Å². The minimum absolute atomic E-state index is 0. The summed E-state index contributed by atoms with van der Waals surface area (Å²) in [7, 11) is 0. The van der Waals surface area contributed by atoms with E-state index in [2.05, 4.69) is 16.0 Å². The molecule has 0 bridgehead atoms. The van der Waals surface area contributed by atoms with E-state index in [0.29, 0.717) is 38.6 Å². The number of imide groups is 1. The number of unbranched alkanes of at least 4 members (excludes halogenated alkanes) is 2. The summed E-state index contributed by atoms with van der Waals surface area (Å²) in [6.45, 7) is 7.74. The van der Waals surface area contributed by atoms with Gasteiger partial charge in [0.05, 0.1) is 11.9 Å². The van der Waals surface area contributed by atoms with E-state index in [1.54, 1.807) is 13.8 Å². The van der Waals surface area contributed by atoms with Crippen LogP contribution in [0.1, 0.15) is 72.6 Å². The van der Waals surface area contributed by atoms with E-state index < -0.39 is 24.0 Å². The molecule has 1 heterocycles. The molecule has 5 N–H and O–H groups in total. The number of amides is 6. The molecule has 0 aliphatic carbocycles. The summed E-state index contributed by atoms with van der Waals surface area (Å²) < 4.78 is 0. The molecule has 0 aromatic heterocycles. The SMILES string of the molecule is CC(C)C(=O)C(CCCNC(N)=O)NC(=O)C(NC(=O)CCCCCN1C(=O)[CH-]CC1=O)C(C)C.[Y]. The first-order chi connectivity index (χ1) is 16.4. The van der Waals surface area contributed by atoms with Gasteiger partial charge in [-0.25, -0.2) is 4.79 Å². The standard InChI is InChI=1S/C24H40N5O6.Y/c1-15(2)21(23(34)27-17(22(33)16(3)4)9-8-13-26-24(25)35)28-18(30)10-6-5-7-14-29-19(31)11-12-20(29)32;/h11,15-17,21H,5-10,12-14H2,1-4H3,(H,27,34)(H,28,30)(H3,25,26,35);/q-1;. The maximum absolute atomic E-state index is 12.9. The van der Waals surface area contributed by atoms with Crippen LogP contribution in [0, 0.1) is 18.3 Å². The van der Waals surface area contributed by atoms with Crippen molar-refractivity contribution < 1.29 is 61.5 Å². The number of likely N-dealkylation sites (tertiary alicyclic amines) is 1. The van der Waals surface area contributed by atoms with Gasteiger partial charge in [0, 0.05) is 58.1 Å². The van der Waals surface area contributed by atoms with Crippen LogP contribution in [0.3, 0.4) is 0 Å². The minimum atomic E-state index is -0.802. The molecule has 0 saturated carbocycles. The smallest absolute Gasteiger partial charge is 0.312 e. The molecular weight excluding hydrogens is 543 g/mol. The number of nitrogens with one attached hydrogen (secondary N) is 3. The summed E-state index contributed by atoms with van der Waals surface area (Å²) in [5.41, 5.74) is 5.05. The topological polar surface area (TPSA) is 168 Å². The van der Waals surface area contributed by atoms with Crippen LogP contribution in [0.2, 0.25) is 0 Å². The van der Waals surface area contributed by atoms with Gasteiger partial charge in [0.15, 0.2) is 11.7 Å². The third-order valence-corrected chi connectivity index (χ3v) is 5.77. The van der Waals surface area contributed by atoms with E-state index in [4.69, 9.17) is 5.73 Å². The molecule has 0 aromatic rings. The first-order valence-corrected chi connectivity index (χ1v) is 12.3. The van der Waals surface area contributed by atoms with Crippen LogP contribution in [0.4, 0.5) is 4.79 Å². The molecule has 36 heavy (non-hydrogen) atoms. The normalized spacial score (nSPS) is 14.7. The number of nitrogens with two attached hydrogens (primary N) is 1. The predicted molar refractivity (Wildman–Crippen MR) is 129 cm³/mol. The fourth-order valence-electron chi connectivity index (χ4n) is 3.73. The molecule has 201 valence electrons. The molecule has 0 spiro atoms. The molecule has 0 aromatic carbocycles. The van der Waals surface area contributed by atoms with E-state index in [0.717, 1.165) is 0 Å². The van der Waals surface area contributed by atoms with Gasteiger partial charge in [-0.05, 0) is 31.6 Å². The van der Waals surface area contributed by atoms with Crippen LogP contribution in [0.25, 0.3) is 0 Å². The molecule has 12 heteroatoms. The zero-order valence-electron chi connectivity index (χ0n) is 21.8. The molecule has 1 radical (unpaired) electrons. The van der Waals surface area contributed by atoms with Gasteiger partial charge in [0.25, 0.3) is 0 Å². The molecule has 2 unspecified atom stereocenters. The Morgan fingerprint density at radius 3 is 2.19 bits per heavy atom. The predicted octanol–water partition coefficient (Wildman–Crippen LogP) is 0.807. The number of urea groups is 1. The number of ketones is 1. The zero-order valence-corrected chi connectivity index (χ0v) is 24.6. The van der Waals surface area contributed by atoms with Crippen LogP contribution in [0.5, 0.6) is 0 Å². The van der Waals surface area contributed by atoms with Crippen molar-refractivity contribution in [3.8, 4) is 0 Å². The van der Waals surface area contributed by atoms with Gasteiger partial charge in [0.2, 0.25) is 11.8 Å². The van der Waals surface area contributed by atoms with Crippen molar-refractivity contribution in [2.75, 3.05) is 13.1 Å². The largest absolute Gasteiger partial charge is 0.352 e. The fraction of sp³-hybridized carbons (Fsp3) is 0.708. The number of Topliss-reactive ketones (excluding diaryl/α,β-unsaturated/α-hetero) is 1. The molecule has 1 fully saturated rings. The average molecular weight is 584 g/mol. The van der Waals surface area contributed by atoms with Gasteiger partial charge in [-0.1, -0.05) is 40.5 Å². The summed E-state index contributed by atoms with van der Waals surface area (Å²) in [5, 5.41) is 7.99. The zero-order chi connectivity index (χ0) is 26.5. The maximum Gasteiger partial charge on any atom is 0.312 e. The Hall–Kier alpha value is -2.01. The number of primary amides is 1. The Morgan fingerprint density at radius 1 is 1.00 bits per heavy atom. The number of hydrogen-bond donors (Lipinski definition) is 4. The number of carbonyl (C=O) groups excluding carboxylic acids is 6. The number of hydrogen-bond acceptors (Lipinski definition) is 6. The number of nitrogens with zero attached hydrogens (tertiary/aromatic N) is 1. The molecule has 11 nitrogen and oxygen atoms in total. The van der Waals surface area contributed by atoms with Crippen LogP contribution in [-0.2, 0) is 56.7 Å². The van der Waals surface area contributed by atoms with Crippen molar-refractivity contribution in [2.45, 2.75) is 84.7 Å². The second-order valence-electron chi connectivity index (χ2n) is 9.44. The maximum atomic E-state index is 12.9. The number of carbonyl (C=O) groups is 6. The summed E-state index contributed by atoms with van der Waals surface area (Å²) in [4.78, 5) is 73.2. The monoisotopic (exact) mass is 583 g/mol. The van der Waals surface area contributed by atoms with E-state index in [1.165, 1.54) is 11.3 Å². The summed E-state index contributed by atoms with van der Waals surface area (Å²) in [6.07, 6.45) is 4.33. The van der Waals surface area contributed by atoms with Crippen LogP contribution in [-0.4, -0.2) is 65.5 Å². The fourth-order valence-corrected chi connectivity index (χ4v) is 3.73. The Morgan fingerprint density at radius 2 is 1.67 bits per heavy atom. The van der Waals surface area contributed by atoms with Crippen molar-refractivity contribution in [3.63, 3.8) is 0 Å². The van der Waals surface area contributed by atoms with Crippen molar-refractivity contribution >= 4 is 35.4 Å². The molecule has 1 aliphatic heterocycles. The van der Waals surface area contributed by atoms with Crippen LogP contribution < -0.4 is 21.7 Å². The quantitative estimate of drug-likeness (QED) is 0.119. The molecular formula is C24H40N5O6Y-. The third kappa shape index (κ3) is 12.3. The second-order valence-corrected chi connectivity index (χ2v) is 9.44. The second kappa shape index (κ2) is 17.4. The van der Waals surface area contributed by atoms with Crippen molar-refractivity contribution in [1.82, 2.24) is 20.9 Å². The van der Waals surface area contributed by atoms with Crippen molar-refractivity contribution in [1.29, 1.82) is 0 Å². The van der Waals surface area contributed by atoms with E-state index >= 15 is 0 Å². The minimum Gasteiger partial charge on any atom is -0.352 e. The average Bonchev–Trinajstić information content (AvgIpc) is 3.10. The molecule has 1 rings (SSSR count). The summed E-state index contributed by atoms with van der Waals surface area (Å²) >= 11 is 0. The summed E-state index contributed by atoms with van der Waals surface area (Å²) in [6, 6.07) is -2.19. The van der Waals surface area contributed by atoms with Gasteiger partial charge in [0.1, 0.15) is 6.04 Å². The van der Waals surface area contributed by atoms with E-state index in [-0.39, 0.29) is 87.4 Å².